The fourth-order valence-corrected chi connectivity index (χ4v) is 3.30. The number of nitrogens with two attached hydrogens (primary N) is 1. The largest absolute Gasteiger partial charge is 0.381 e. The van der Waals surface area contributed by atoms with Gasteiger partial charge in [0.2, 0.25) is 0 Å². The molecule has 98 valence electrons. The predicted octanol–water partition coefficient (Wildman–Crippen LogP) is 1.55. The summed E-state index contributed by atoms with van der Waals surface area (Å²) >= 11 is 0. The van der Waals surface area contributed by atoms with E-state index in [4.69, 9.17) is 10.5 Å². The summed E-state index contributed by atoms with van der Waals surface area (Å²) in [5, 5.41) is 0. The molecule has 1 aromatic rings. The number of benzene rings is 1. The Hall–Kier alpha value is -0.900. The van der Waals surface area contributed by atoms with Gasteiger partial charge < -0.3 is 10.5 Å². The molecule has 2 aliphatic heterocycles. The van der Waals surface area contributed by atoms with Crippen molar-refractivity contribution in [1.29, 1.82) is 0 Å². The van der Waals surface area contributed by atoms with Crippen molar-refractivity contribution in [3.05, 3.63) is 35.4 Å². The van der Waals surface area contributed by atoms with E-state index in [1.165, 1.54) is 11.1 Å². The van der Waals surface area contributed by atoms with Gasteiger partial charge in [0.1, 0.15) is 0 Å². The van der Waals surface area contributed by atoms with Crippen molar-refractivity contribution in [2.45, 2.75) is 31.3 Å². The zero-order valence-corrected chi connectivity index (χ0v) is 10.9. The molecule has 18 heavy (non-hydrogen) atoms. The molecule has 2 N–H and O–H groups in total. The highest BCUT2D eigenvalue weighted by Gasteiger charge is 2.38. The van der Waals surface area contributed by atoms with Crippen LogP contribution in [0.2, 0.25) is 0 Å². The molecule has 1 saturated heterocycles. The number of hydrogen-bond acceptors (Lipinski definition) is 3. The maximum atomic E-state index is 6.09. The van der Waals surface area contributed by atoms with Crippen molar-refractivity contribution in [2.75, 3.05) is 26.3 Å². The smallest absolute Gasteiger partial charge is 0.0484 e. The van der Waals surface area contributed by atoms with Gasteiger partial charge in [-0.15, -0.1) is 0 Å². The number of hydrogen-bond donors (Lipinski definition) is 1. The van der Waals surface area contributed by atoms with E-state index in [9.17, 15) is 0 Å². The standard InChI is InChI=1S/C15H22N2O/c16-12-15(6-9-18-10-7-15)17-8-5-13-3-1-2-4-14(13)11-17/h1-4H,5-12,16H2. The number of rotatable bonds is 2. The van der Waals surface area contributed by atoms with Gasteiger partial charge in [-0.2, -0.15) is 0 Å². The van der Waals surface area contributed by atoms with E-state index < -0.39 is 0 Å². The monoisotopic (exact) mass is 246 g/mol. The van der Waals surface area contributed by atoms with Crippen LogP contribution < -0.4 is 5.73 Å². The average Bonchev–Trinajstić information content (AvgIpc) is 2.47. The van der Waals surface area contributed by atoms with Gasteiger partial charge >= 0.3 is 0 Å². The van der Waals surface area contributed by atoms with Gasteiger partial charge in [0.05, 0.1) is 0 Å². The molecule has 3 rings (SSSR count). The Morgan fingerprint density at radius 2 is 1.89 bits per heavy atom. The normalized spacial score (nSPS) is 23.6. The van der Waals surface area contributed by atoms with Gasteiger partial charge in [-0.3, -0.25) is 4.90 Å². The quantitative estimate of drug-likeness (QED) is 0.860. The van der Waals surface area contributed by atoms with Gasteiger partial charge in [0.25, 0.3) is 0 Å². The van der Waals surface area contributed by atoms with E-state index in [2.05, 4.69) is 29.2 Å². The second kappa shape index (κ2) is 5.00. The Kier molecular flexibility index (Phi) is 3.37. The zero-order valence-electron chi connectivity index (χ0n) is 10.9. The molecule has 2 heterocycles. The van der Waals surface area contributed by atoms with Gasteiger partial charge in [0, 0.05) is 38.4 Å². The molecule has 0 bridgehead atoms. The van der Waals surface area contributed by atoms with Crippen LogP contribution in [-0.4, -0.2) is 36.7 Å². The summed E-state index contributed by atoms with van der Waals surface area (Å²) in [5.41, 5.74) is 9.25. The van der Waals surface area contributed by atoms with Gasteiger partial charge in [-0.25, -0.2) is 0 Å². The lowest BCUT2D eigenvalue weighted by Crippen LogP contribution is -2.57. The fourth-order valence-electron chi connectivity index (χ4n) is 3.30. The van der Waals surface area contributed by atoms with E-state index in [1.54, 1.807) is 0 Å². The van der Waals surface area contributed by atoms with Crippen LogP contribution in [0.25, 0.3) is 0 Å². The maximum absolute atomic E-state index is 6.09. The van der Waals surface area contributed by atoms with Crippen LogP contribution in [0, 0.1) is 0 Å². The number of ether oxygens (including phenoxy) is 1. The van der Waals surface area contributed by atoms with Crippen molar-refractivity contribution in [2.24, 2.45) is 5.73 Å². The molecule has 0 amide bonds. The maximum Gasteiger partial charge on any atom is 0.0484 e. The minimum absolute atomic E-state index is 0.172. The molecule has 1 fully saturated rings. The average molecular weight is 246 g/mol. The van der Waals surface area contributed by atoms with Crippen LogP contribution in [-0.2, 0) is 17.7 Å². The molecule has 0 unspecified atom stereocenters. The van der Waals surface area contributed by atoms with Crippen LogP contribution in [0.5, 0.6) is 0 Å². The third-order valence-electron chi connectivity index (χ3n) is 4.60. The highest BCUT2D eigenvalue weighted by atomic mass is 16.5. The molecule has 0 aromatic heterocycles. The Bertz CT molecular complexity index is 413. The lowest BCUT2D eigenvalue weighted by atomic mass is 9.85. The number of nitrogens with zero attached hydrogens (tertiary/aromatic N) is 1. The van der Waals surface area contributed by atoms with E-state index in [-0.39, 0.29) is 5.54 Å². The second-order valence-electron chi connectivity index (χ2n) is 5.48. The summed E-state index contributed by atoms with van der Waals surface area (Å²) in [6.07, 6.45) is 3.30. The minimum atomic E-state index is 0.172. The first-order valence-corrected chi connectivity index (χ1v) is 6.94. The summed E-state index contributed by atoms with van der Waals surface area (Å²) in [5.74, 6) is 0. The molecular formula is C15H22N2O. The third kappa shape index (κ3) is 2.07. The van der Waals surface area contributed by atoms with Crippen molar-refractivity contribution in [3.8, 4) is 0 Å². The van der Waals surface area contributed by atoms with Crippen LogP contribution in [0.3, 0.4) is 0 Å². The molecule has 3 heteroatoms. The molecule has 2 aliphatic rings. The minimum Gasteiger partial charge on any atom is -0.381 e. The van der Waals surface area contributed by atoms with Crippen molar-refractivity contribution < 1.29 is 4.74 Å². The Labute approximate surface area is 109 Å². The van der Waals surface area contributed by atoms with Crippen molar-refractivity contribution in [3.63, 3.8) is 0 Å². The molecule has 1 aromatic carbocycles. The first kappa shape index (κ1) is 12.2. The lowest BCUT2D eigenvalue weighted by Gasteiger charge is -2.47. The fraction of sp³-hybridized carbons (Fsp3) is 0.600. The molecular weight excluding hydrogens is 224 g/mol. The SMILES string of the molecule is NCC1(N2CCc3ccccc3C2)CCOCC1. The Balaban J connectivity index is 1.81. The highest BCUT2D eigenvalue weighted by molar-refractivity contribution is 5.29. The summed E-state index contributed by atoms with van der Waals surface area (Å²) in [4.78, 5) is 2.60. The van der Waals surface area contributed by atoms with Crippen LogP contribution >= 0.6 is 0 Å². The Morgan fingerprint density at radius 1 is 1.17 bits per heavy atom. The zero-order chi connectivity index (χ0) is 12.4. The van der Waals surface area contributed by atoms with Gasteiger partial charge in [0.15, 0.2) is 0 Å². The summed E-state index contributed by atoms with van der Waals surface area (Å²) in [6, 6.07) is 8.79. The summed E-state index contributed by atoms with van der Waals surface area (Å²) in [7, 11) is 0. The first-order chi connectivity index (χ1) is 8.84. The highest BCUT2D eigenvalue weighted by Crippen LogP contribution is 2.31. The summed E-state index contributed by atoms with van der Waals surface area (Å²) in [6.45, 7) is 4.64. The van der Waals surface area contributed by atoms with E-state index >= 15 is 0 Å². The first-order valence-electron chi connectivity index (χ1n) is 6.94. The van der Waals surface area contributed by atoms with Gasteiger partial charge in [-0.05, 0) is 30.4 Å². The lowest BCUT2D eigenvalue weighted by molar-refractivity contribution is -0.0304. The number of fused-ring (bicyclic) bond motifs is 1. The van der Waals surface area contributed by atoms with Crippen LogP contribution in [0.1, 0.15) is 24.0 Å². The van der Waals surface area contributed by atoms with Crippen LogP contribution in [0.15, 0.2) is 24.3 Å². The predicted molar refractivity (Wildman–Crippen MR) is 72.4 cm³/mol. The molecule has 0 aliphatic carbocycles. The second-order valence-corrected chi connectivity index (χ2v) is 5.48. The van der Waals surface area contributed by atoms with Gasteiger partial charge in [-0.1, -0.05) is 24.3 Å². The van der Waals surface area contributed by atoms with E-state index in [0.29, 0.717) is 0 Å². The topological polar surface area (TPSA) is 38.5 Å². The van der Waals surface area contributed by atoms with Crippen molar-refractivity contribution in [1.82, 2.24) is 4.90 Å². The molecule has 0 saturated carbocycles. The summed E-state index contributed by atoms with van der Waals surface area (Å²) < 4.78 is 5.50. The van der Waals surface area contributed by atoms with Crippen LogP contribution in [0.4, 0.5) is 0 Å². The van der Waals surface area contributed by atoms with Crippen molar-refractivity contribution >= 4 is 0 Å². The molecule has 0 spiro atoms. The third-order valence-corrected chi connectivity index (χ3v) is 4.60. The van der Waals surface area contributed by atoms with E-state index in [0.717, 1.165) is 52.1 Å². The molecule has 0 radical (unpaired) electrons. The van der Waals surface area contributed by atoms with E-state index in [1.807, 2.05) is 0 Å². The molecule has 3 nitrogen and oxygen atoms in total. The Morgan fingerprint density at radius 3 is 2.61 bits per heavy atom. The molecule has 0 atom stereocenters.